The zero-order valence-corrected chi connectivity index (χ0v) is 19.1. The first-order chi connectivity index (χ1) is 15.5. The van der Waals surface area contributed by atoms with Gasteiger partial charge in [0.05, 0.1) is 12.1 Å². The molecule has 0 saturated carbocycles. The van der Waals surface area contributed by atoms with Crippen molar-refractivity contribution < 1.29 is 9.21 Å². The van der Waals surface area contributed by atoms with Crippen molar-refractivity contribution >= 4 is 23.0 Å². The molecule has 0 radical (unpaired) electrons. The maximum atomic E-state index is 13.3. The number of benzene rings is 1. The third kappa shape index (κ3) is 3.88. The summed E-state index contributed by atoms with van der Waals surface area (Å²) in [6.07, 6.45) is 8.08. The Labute approximate surface area is 188 Å². The fourth-order valence-electron chi connectivity index (χ4n) is 5.16. The summed E-state index contributed by atoms with van der Waals surface area (Å²) >= 11 is 0. The number of nitrogens with one attached hydrogen (secondary N) is 1. The van der Waals surface area contributed by atoms with Crippen molar-refractivity contribution in [3.63, 3.8) is 0 Å². The molecule has 1 amide bonds. The number of carbonyl (C=O) groups is 1. The average Bonchev–Trinajstić information content (AvgIpc) is 3.43. The van der Waals surface area contributed by atoms with Crippen LogP contribution in [0.4, 0.5) is 6.01 Å². The minimum atomic E-state index is -0.0679. The van der Waals surface area contributed by atoms with Crippen molar-refractivity contribution in [3.8, 4) is 0 Å². The second-order valence-electron chi connectivity index (χ2n) is 9.21. The van der Waals surface area contributed by atoms with Crippen LogP contribution in [-0.2, 0) is 13.1 Å². The quantitative estimate of drug-likeness (QED) is 0.660. The largest absolute Gasteiger partial charge is 0.423 e. The number of anilines is 1. The van der Waals surface area contributed by atoms with Crippen LogP contribution in [0.2, 0.25) is 0 Å². The molecule has 1 saturated heterocycles. The van der Waals surface area contributed by atoms with Gasteiger partial charge in [-0.2, -0.15) is 4.98 Å². The van der Waals surface area contributed by atoms with Crippen molar-refractivity contribution in [3.05, 3.63) is 42.0 Å². The highest BCUT2D eigenvalue weighted by Crippen LogP contribution is 2.28. The highest BCUT2D eigenvalue weighted by Gasteiger charge is 2.32. The van der Waals surface area contributed by atoms with E-state index in [4.69, 9.17) is 9.40 Å². The van der Waals surface area contributed by atoms with Gasteiger partial charge in [0.1, 0.15) is 11.3 Å². The highest BCUT2D eigenvalue weighted by atomic mass is 16.4. The van der Waals surface area contributed by atoms with Gasteiger partial charge < -0.3 is 24.1 Å². The zero-order valence-electron chi connectivity index (χ0n) is 19.1. The standard InChI is InChI=1S/C24H32N6O2/c1-4-6-18-14-17(13-16(2)28(18)3)26-23(31)19-7-5-8-20-22(19)27-24(32-20)30-12-11-29-10-9-25-21(29)15-30/h5,7-10,16-18H,4,6,11-15H2,1-3H3,(H,26,31). The van der Waals surface area contributed by atoms with E-state index >= 15 is 0 Å². The lowest BCUT2D eigenvalue weighted by atomic mass is 9.90. The van der Waals surface area contributed by atoms with Crippen molar-refractivity contribution in [2.75, 3.05) is 18.5 Å². The molecule has 2 aliphatic rings. The fourth-order valence-corrected chi connectivity index (χ4v) is 5.16. The number of para-hydroxylation sites is 1. The number of oxazole rings is 1. The molecular formula is C24H32N6O2. The number of carbonyl (C=O) groups excluding carboxylic acids is 1. The first-order valence-electron chi connectivity index (χ1n) is 11.7. The SMILES string of the molecule is CCCC1CC(NC(=O)c2cccc3oc(N4CCn5ccnc5C4)nc23)CC(C)N1C. The lowest BCUT2D eigenvalue weighted by Gasteiger charge is -2.42. The molecule has 1 N–H and O–H groups in total. The molecule has 8 nitrogen and oxygen atoms in total. The van der Waals surface area contributed by atoms with Crippen LogP contribution in [0.3, 0.4) is 0 Å². The van der Waals surface area contributed by atoms with Crippen LogP contribution >= 0.6 is 0 Å². The minimum absolute atomic E-state index is 0.0679. The van der Waals surface area contributed by atoms with E-state index in [0.717, 1.165) is 44.6 Å². The predicted molar refractivity (Wildman–Crippen MR) is 124 cm³/mol. The highest BCUT2D eigenvalue weighted by molar-refractivity contribution is 6.04. The maximum Gasteiger partial charge on any atom is 0.298 e. The molecule has 0 bridgehead atoms. The summed E-state index contributed by atoms with van der Waals surface area (Å²) in [6.45, 7) is 6.75. The Morgan fingerprint density at radius 3 is 3.00 bits per heavy atom. The van der Waals surface area contributed by atoms with Crippen LogP contribution in [0.15, 0.2) is 35.0 Å². The van der Waals surface area contributed by atoms with Gasteiger partial charge in [0.25, 0.3) is 11.9 Å². The molecule has 3 aromatic rings. The van der Waals surface area contributed by atoms with E-state index in [-0.39, 0.29) is 11.9 Å². The lowest BCUT2D eigenvalue weighted by molar-refractivity contribution is 0.0777. The number of imidazole rings is 1. The normalized spacial score (nSPS) is 24.0. The molecule has 5 rings (SSSR count). The maximum absolute atomic E-state index is 13.3. The van der Waals surface area contributed by atoms with Gasteiger partial charge in [-0.25, -0.2) is 4.98 Å². The molecular weight excluding hydrogens is 404 g/mol. The number of amides is 1. The van der Waals surface area contributed by atoms with Crippen molar-refractivity contribution in [2.24, 2.45) is 0 Å². The third-order valence-electron chi connectivity index (χ3n) is 7.08. The monoisotopic (exact) mass is 436 g/mol. The Morgan fingerprint density at radius 2 is 2.16 bits per heavy atom. The summed E-state index contributed by atoms with van der Waals surface area (Å²) in [5.41, 5.74) is 1.84. The van der Waals surface area contributed by atoms with Crippen molar-refractivity contribution in [1.82, 2.24) is 24.8 Å². The fraction of sp³-hybridized carbons (Fsp3) is 0.542. The Balaban J connectivity index is 1.35. The summed E-state index contributed by atoms with van der Waals surface area (Å²) in [5.74, 6) is 0.927. The second-order valence-corrected chi connectivity index (χ2v) is 9.21. The van der Waals surface area contributed by atoms with Crippen molar-refractivity contribution in [2.45, 2.75) is 70.7 Å². The summed E-state index contributed by atoms with van der Waals surface area (Å²) in [7, 11) is 2.20. The molecule has 3 unspecified atom stereocenters. The number of fused-ring (bicyclic) bond motifs is 2. The zero-order chi connectivity index (χ0) is 22.2. The Morgan fingerprint density at radius 1 is 1.28 bits per heavy atom. The van der Waals surface area contributed by atoms with Crippen molar-refractivity contribution in [1.29, 1.82) is 0 Å². The molecule has 8 heteroatoms. The minimum Gasteiger partial charge on any atom is -0.423 e. The van der Waals surface area contributed by atoms with E-state index in [9.17, 15) is 4.79 Å². The van der Waals surface area contributed by atoms with Crippen LogP contribution in [0, 0.1) is 0 Å². The molecule has 2 aromatic heterocycles. The predicted octanol–water partition coefficient (Wildman–Crippen LogP) is 3.43. The number of piperidine rings is 1. The molecule has 2 aliphatic heterocycles. The topological polar surface area (TPSA) is 79.4 Å². The molecule has 32 heavy (non-hydrogen) atoms. The second kappa shape index (κ2) is 8.58. The average molecular weight is 437 g/mol. The molecule has 170 valence electrons. The Hall–Kier alpha value is -2.87. The van der Waals surface area contributed by atoms with Gasteiger partial charge in [0, 0.05) is 43.6 Å². The molecule has 1 fully saturated rings. The van der Waals surface area contributed by atoms with E-state index in [1.807, 2.05) is 30.6 Å². The van der Waals surface area contributed by atoms with E-state index < -0.39 is 0 Å². The van der Waals surface area contributed by atoms with Crippen LogP contribution in [0.5, 0.6) is 0 Å². The van der Waals surface area contributed by atoms with Crippen LogP contribution in [-0.4, -0.2) is 57.1 Å². The lowest BCUT2D eigenvalue weighted by Crippen LogP contribution is -2.52. The van der Waals surface area contributed by atoms with E-state index in [1.54, 1.807) is 0 Å². The number of nitrogens with zero attached hydrogens (tertiary/aromatic N) is 5. The summed E-state index contributed by atoms with van der Waals surface area (Å²) in [6, 6.07) is 7.27. The van der Waals surface area contributed by atoms with Gasteiger partial charge in [0.15, 0.2) is 5.58 Å². The number of hydrogen-bond acceptors (Lipinski definition) is 6. The molecule has 1 aromatic carbocycles. The van der Waals surface area contributed by atoms with Crippen LogP contribution in [0.25, 0.3) is 11.1 Å². The first kappa shape index (κ1) is 21.0. The number of likely N-dealkylation sites (tertiary alicyclic amines) is 1. The Bertz CT molecular complexity index is 1110. The van der Waals surface area contributed by atoms with E-state index in [2.05, 4.69) is 45.6 Å². The van der Waals surface area contributed by atoms with Gasteiger partial charge in [0.2, 0.25) is 0 Å². The Kier molecular flexibility index (Phi) is 5.63. The smallest absolute Gasteiger partial charge is 0.298 e. The van der Waals surface area contributed by atoms with Gasteiger partial charge in [-0.05, 0) is 45.4 Å². The molecule has 0 spiro atoms. The van der Waals surface area contributed by atoms with E-state index in [1.165, 1.54) is 0 Å². The summed E-state index contributed by atoms with van der Waals surface area (Å²) < 4.78 is 8.20. The summed E-state index contributed by atoms with van der Waals surface area (Å²) in [5, 5.41) is 3.29. The molecule has 0 aliphatic carbocycles. The summed E-state index contributed by atoms with van der Waals surface area (Å²) in [4.78, 5) is 26.9. The first-order valence-corrected chi connectivity index (χ1v) is 11.7. The van der Waals surface area contributed by atoms with Crippen LogP contribution in [0.1, 0.15) is 55.7 Å². The molecule has 3 atom stereocenters. The van der Waals surface area contributed by atoms with Crippen LogP contribution < -0.4 is 10.2 Å². The third-order valence-corrected chi connectivity index (χ3v) is 7.08. The number of rotatable bonds is 5. The number of hydrogen-bond donors (Lipinski definition) is 1. The van der Waals surface area contributed by atoms with E-state index in [0.29, 0.717) is 41.3 Å². The number of aromatic nitrogens is 3. The molecule has 4 heterocycles. The van der Waals surface area contributed by atoms with Gasteiger partial charge in [-0.1, -0.05) is 19.4 Å². The van der Waals surface area contributed by atoms with Gasteiger partial charge >= 0.3 is 0 Å². The van der Waals surface area contributed by atoms with Gasteiger partial charge in [-0.15, -0.1) is 0 Å². The van der Waals surface area contributed by atoms with Gasteiger partial charge in [-0.3, -0.25) is 4.79 Å².